The van der Waals surface area contributed by atoms with E-state index in [1.807, 2.05) is 28.0 Å². The lowest BCUT2D eigenvalue weighted by atomic mass is 9.94. The fourth-order valence-corrected chi connectivity index (χ4v) is 5.41. The zero-order valence-corrected chi connectivity index (χ0v) is 20.3. The molecule has 1 saturated heterocycles. The molecule has 0 unspecified atom stereocenters. The maximum absolute atomic E-state index is 12.3. The molecule has 1 aromatic heterocycles. The van der Waals surface area contributed by atoms with E-state index in [1.165, 1.54) is 12.7 Å². The second-order valence-electron chi connectivity index (χ2n) is 9.47. The van der Waals surface area contributed by atoms with Crippen molar-refractivity contribution in [2.24, 2.45) is 0 Å². The van der Waals surface area contributed by atoms with E-state index in [9.17, 15) is 15.4 Å². The Morgan fingerprint density at radius 3 is 2.64 bits per heavy atom. The molecule has 0 spiro atoms. The summed E-state index contributed by atoms with van der Waals surface area (Å²) in [5.41, 5.74) is 1.09. The molecule has 3 heterocycles. The lowest BCUT2D eigenvalue weighted by Gasteiger charge is -2.37. The number of hydrogen-bond donors (Lipinski definition) is 0. The molecule has 5 rings (SSSR count). The van der Waals surface area contributed by atoms with Gasteiger partial charge in [0.05, 0.1) is 17.4 Å². The number of nitro groups is 1. The maximum Gasteiger partial charge on any atom is 0.353 e. The van der Waals surface area contributed by atoms with Gasteiger partial charge in [0, 0.05) is 45.3 Å². The Labute approximate surface area is 210 Å². The van der Waals surface area contributed by atoms with Crippen molar-refractivity contribution in [3.05, 3.63) is 40.2 Å². The molecule has 1 saturated carbocycles. The Kier molecular flexibility index (Phi) is 7.32. The van der Waals surface area contributed by atoms with Gasteiger partial charge in [-0.3, -0.25) is 15.0 Å². The summed E-state index contributed by atoms with van der Waals surface area (Å²) >= 11 is 0. The van der Waals surface area contributed by atoms with Crippen LogP contribution in [0, 0.1) is 21.4 Å². The first-order chi connectivity index (χ1) is 17.6. The third kappa shape index (κ3) is 5.14. The lowest BCUT2D eigenvalue weighted by Crippen LogP contribution is -2.46. The number of hydrogen-bond acceptors (Lipinski definition) is 10. The predicted molar refractivity (Wildman–Crippen MR) is 133 cm³/mol. The van der Waals surface area contributed by atoms with Crippen molar-refractivity contribution in [2.75, 3.05) is 49.3 Å². The van der Waals surface area contributed by atoms with E-state index < -0.39 is 0 Å². The average Bonchev–Trinajstić information content (AvgIpc) is 3.38. The zero-order valence-electron chi connectivity index (χ0n) is 20.3. The smallest absolute Gasteiger partial charge is 0.353 e. The van der Waals surface area contributed by atoms with Crippen LogP contribution in [0.4, 0.5) is 17.3 Å². The highest BCUT2D eigenvalue weighted by Crippen LogP contribution is 2.38. The Hall–Kier alpha value is -3.65. The van der Waals surface area contributed by atoms with Gasteiger partial charge in [0.15, 0.2) is 11.5 Å². The molecular formula is C25H31N7O4. The van der Waals surface area contributed by atoms with Gasteiger partial charge < -0.3 is 19.3 Å². The molecule has 1 aromatic carbocycles. The second kappa shape index (κ2) is 11.0. The largest absolute Gasteiger partial charge is 0.454 e. The molecule has 2 aromatic rings. The molecule has 190 valence electrons. The van der Waals surface area contributed by atoms with Gasteiger partial charge in [-0.25, -0.2) is 9.97 Å². The molecule has 11 nitrogen and oxygen atoms in total. The molecule has 2 aliphatic heterocycles. The molecular weight excluding hydrogens is 462 g/mol. The Balaban J connectivity index is 1.32. The van der Waals surface area contributed by atoms with E-state index in [0.717, 1.165) is 62.4 Å². The normalized spacial score (nSPS) is 18.1. The van der Waals surface area contributed by atoms with Crippen molar-refractivity contribution in [1.29, 1.82) is 5.26 Å². The first-order valence-corrected chi connectivity index (χ1v) is 12.6. The first-order valence-electron chi connectivity index (χ1n) is 12.6. The SMILES string of the molecule is N#CCCN(c1ncnc(N2CCN(Cc3ccc4c(c3)OCO4)CC2)c1[N+](=O)[O-])C1CCCCC1. The maximum atomic E-state index is 12.3. The van der Waals surface area contributed by atoms with E-state index in [0.29, 0.717) is 37.7 Å². The molecule has 1 aliphatic carbocycles. The summed E-state index contributed by atoms with van der Waals surface area (Å²) in [5.74, 6) is 2.25. The standard InChI is InChI=1S/C25H31N7O4/c26-9-4-10-31(20-5-2-1-3-6-20)25-23(32(33)34)24(27-17-28-25)30-13-11-29(12-14-30)16-19-7-8-21-22(15-19)36-18-35-21/h7-8,15,17,20H,1-6,10-14,16,18H2. The van der Waals surface area contributed by atoms with Gasteiger partial charge >= 0.3 is 5.69 Å². The quantitative estimate of drug-likeness (QED) is 0.399. The molecule has 0 amide bonds. The highest BCUT2D eigenvalue weighted by molar-refractivity contribution is 5.71. The third-order valence-corrected chi connectivity index (χ3v) is 7.23. The second-order valence-corrected chi connectivity index (χ2v) is 9.47. The zero-order chi connectivity index (χ0) is 24.9. The summed E-state index contributed by atoms with van der Waals surface area (Å²) in [6.45, 7) is 4.23. The van der Waals surface area contributed by atoms with Gasteiger partial charge in [-0.05, 0) is 30.5 Å². The summed E-state index contributed by atoms with van der Waals surface area (Å²) in [7, 11) is 0. The topological polar surface area (TPSA) is 121 Å². The number of rotatable bonds is 8. The monoisotopic (exact) mass is 493 g/mol. The van der Waals surface area contributed by atoms with E-state index >= 15 is 0 Å². The minimum Gasteiger partial charge on any atom is -0.454 e. The molecule has 2 fully saturated rings. The number of anilines is 2. The van der Waals surface area contributed by atoms with Crippen molar-refractivity contribution in [1.82, 2.24) is 14.9 Å². The number of piperazine rings is 1. The van der Waals surface area contributed by atoms with Crippen LogP contribution in [-0.2, 0) is 6.54 Å². The van der Waals surface area contributed by atoms with Crippen LogP contribution in [0.15, 0.2) is 24.5 Å². The highest BCUT2D eigenvalue weighted by Gasteiger charge is 2.34. The average molecular weight is 494 g/mol. The molecule has 11 heteroatoms. The molecule has 0 N–H and O–H groups in total. The van der Waals surface area contributed by atoms with E-state index in [-0.39, 0.29) is 23.4 Å². The van der Waals surface area contributed by atoms with Crippen LogP contribution in [0.25, 0.3) is 0 Å². The summed E-state index contributed by atoms with van der Waals surface area (Å²) in [6, 6.07) is 8.34. The highest BCUT2D eigenvalue weighted by atomic mass is 16.7. The van der Waals surface area contributed by atoms with Gasteiger partial charge in [0.25, 0.3) is 0 Å². The van der Waals surface area contributed by atoms with Crippen molar-refractivity contribution in [2.45, 2.75) is 51.1 Å². The summed E-state index contributed by atoms with van der Waals surface area (Å²) in [6.07, 6.45) is 7.00. The molecule has 0 atom stereocenters. The Morgan fingerprint density at radius 2 is 1.89 bits per heavy atom. The number of nitriles is 1. The summed E-state index contributed by atoms with van der Waals surface area (Å²) < 4.78 is 10.9. The van der Waals surface area contributed by atoms with Gasteiger partial charge in [0.2, 0.25) is 18.4 Å². The molecule has 3 aliphatic rings. The van der Waals surface area contributed by atoms with E-state index in [1.54, 1.807) is 0 Å². The van der Waals surface area contributed by atoms with E-state index in [4.69, 9.17) is 9.47 Å². The summed E-state index contributed by atoms with van der Waals surface area (Å²) in [4.78, 5) is 27.0. The molecule has 36 heavy (non-hydrogen) atoms. The minimum atomic E-state index is -0.355. The van der Waals surface area contributed by atoms with Crippen molar-refractivity contribution in [3.8, 4) is 17.6 Å². The minimum absolute atomic E-state index is 0.0507. The third-order valence-electron chi connectivity index (χ3n) is 7.23. The van der Waals surface area contributed by atoms with Crippen molar-refractivity contribution >= 4 is 17.3 Å². The molecule has 0 bridgehead atoms. The van der Waals surface area contributed by atoms with Gasteiger partial charge in [-0.1, -0.05) is 25.3 Å². The van der Waals surface area contributed by atoms with Crippen LogP contribution in [0.5, 0.6) is 11.5 Å². The molecule has 0 radical (unpaired) electrons. The number of aromatic nitrogens is 2. The van der Waals surface area contributed by atoms with Crippen molar-refractivity contribution < 1.29 is 14.4 Å². The Bertz CT molecular complexity index is 1120. The van der Waals surface area contributed by atoms with Crippen LogP contribution in [-0.4, -0.2) is 65.3 Å². The van der Waals surface area contributed by atoms with Crippen LogP contribution in [0.3, 0.4) is 0 Å². The van der Waals surface area contributed by atoms with Gasteiger partial charge in [-0.15, -0.1) is 0 Å². The van der Waals surface area contributed by atoms with Gasteiger partial charge in [0.1, 0.15) is 6.33 Å². The van der Waals surface area contributed by atoms with Crippen LogP contribution < -0.4 is 19.3 Å². The lowest BCUT2D eigenvalue weighted by molar-refractivity contribution is -0.383. The van der Waals surface area contributed by atoms with E-state index in [2.05, 4.69) is 20.9 Å². The number of ether oxygens (including phenoxy) is 2. The fourth-order valence-electron chi connectivity index (χ4n) is 5.41. The summed E-state index contributed by atoms with van der Waals surface area (Å²) in [5, 5.41) is 21.5. The first kappa shape index (κ1) is 24.1. The Morgan fingerprint density at radius 1 is 1.11 bits per heavy atom. The van der Waals surface area contributed by atoms with Crippen molar-refractivity contribution in [3.63, 3.8) is 0 Å². The number of fused-ring (bicyclic) bond motifs is 1. The number of nitrogens with zero attached hydrogens (tertiary/aromatic N) is 7. The predicted octanol–water partition coefficient (Wildman–Crippen LogP) is 3.49. The van der Waals surface area contributed by atoms with Crippen LogP contribution in [0.2, 0.25) is 0 Å². The van der Waals surface area contributed by atoms with Crippen LogP contribution >= 0.6 is 0 Å². The number of benzene rings is 1. The van der Waals surface area contributed by atoms with Gasteiger partial charge in [-0.2, -0.15) is 5.26 Å². The fraction of sp³-hybridized carbons (Fsp3) is 0.560. The van der Waals surface area contributed by atoms with Crippen LogP contribution in [0.1, 0.15) is 44.1 Å².